The van der Waals surface area contributed by atoms with E-state index in [-0.39, 0.29) is 11.9 Å². The highest BCUT2D eigenvalue weighted by Gasteiger charge is 2.25. The first-order chi connectivity index (χ1) is 14.2. The molecule has 1 aromatic carbocycles. The lowest BCUT2D eigenvalue weighted by Gasteiger charge is -2.26. The van der Waals surface area contributed by atoms with Gasteiger partial charge in [-0.2, -0.15) is 11.3 Å². The molecule has 0 atom stereocenters. The Hall–Kier alpha value is -2.93. The van der Waals surface area contributed by atoms with Crippen LogP contribution < -0.4 is 4.90 Å². The first-order valence-electron chi connectivity index (χ1n) is 9.80. The maximum atomic E-state index is 12.8. The zero-order valence-corrected chi connectivity index (χ0v) is 17.2. The van der Waals surface area contributed by atoms with Gasteiger partial charge in [0.15, 0.2) is 0 Å². The van der Waals surface area contributed by atoms with Gasteiger partial charge in [-0.05, 0) is 30.9 Å². The van der Waals surface area contributed by atoms with E-state index >= 15 is 0 Å². The van der Waals surface area contributed by atoms with E-state index in [0.29, 0.717) is 31.8 Å². The number of anilines is 1. The molecule has 3 heterocycles. The minimum atomic E-state index is -0.365. The maximum absolute atomic E-state index is 12.8. The molecule has 1 saturated heterocycles. The SMILES string of the molecule is CCOC(=O)c1cnc2ccccc2c1N1CCCN(C(=O)c2ccsc2)CC1. The lowest BCUT2D eigenvalue weighted by Crippen LogP contribution is -2.35. The van der Waals surface area contributed by atoms with Crippen LogP contribution in [0.2, 0.25) is 0 Å². The Balaban J connectivity index is 1.66. The number of hydrogen-bond donors (Lipinski definition) is 0. The number of carbonyl (C=O) groups is 2. The van der Waals surface area contributed by atoms with Crippen LogP contribution in [0, 0.1) is 0 Å². The van der Waals surface area contributed by atoms with E-state index in [4.69, 9.17) is 4.74 Å². The van der Waals surface area contributed by atoms with Crippen molar-refractivity contribution in [1.82, 2.24) is 9.88 Å². The van der Waals surface area contributed by atoms with Crippen molar-refractivity contribution in [1.29, 1.82) is 0 Å². The van der Waals surface area contributed by atoms with Gasteiger partial charge in [0.05, 0.1) is 23.4 Å². The fraction of sp³-hybridized carbons (Fsp3) is 0.318. The Bertz CT molecular complexity index is 1020. The van der Waals surface area contributed by atoms with Crippen molar-refractivity contribution in [3.8, 4) is 0 Å². The third kappa shape index (κ3) is 3.96. The van der Waals surface area contributed by atoms with Crippen LogP contribution in [-0.4, -0.2) is 54.5 Å². The summed E-state index contributed by atoms with van der Waals surface area (Å²) in [6.45, 7) is 4.82. The molecule has 150 valence electrons. The molecule has 0 radical (unpaired) electrons. The molecule has 0 aliphatic carbocycles. The first kappa shape index (κ1) is 19.4. The van der Waals surface area contributed by atoms with Crippen molar-refractivity contribution >= 4 is 39.8 Å². The second-order valence-electron chi connectivity index (χ2n) is 6.90. The normalized spacial score (nSPS) is 14.7. The molecule has 4 rings (SSSR count). The van der Waals surface area contributed by atoms with Crippen molar-refractivity contribution in [2.45, 2.75) is 13.3 Å². The number of thiophene rings is 1. The van der Waals surface area contributed by atoms with E-state index in [2.05, 4.69) is 9.88 Å². The van der Waals surface area contributed by atoms with Gasteiger partial charge in [0.25, 0.3) is 5.91 Å². The van der Waals surface area contributed by atoms with E-state index in [1.807, 2.05) is 46.0 Å². The fourth-order valence-electron chi connectivity index (χ4n) is 3.74. The summed E-state index contributed by atoms with van der Waals surface area (Å²) in [5.74, 6) is -0.297. The minimum absolute atomic E-state index is 0.0679. The summed E-state index contributed by atoms with van der Waals surface area (Å²) in [7, 11) is 0. The van der Waals surface area contributed by atoms with Crippen molar-refractivity contribution in [3.63, 3.8) is 0 Å². The Morgan fingerprint density at radius 3 is 2.79 bits per heavy atom. The molecule has 0 N–H and O–H groups in total. The standard InChI is InChI=1S/C22H23N3O3S/c1-2-28-22(27)18-14-23-19-7-4-3-6-17(19)20(18)24-9-5-10-25(12-11-24)21(26)16-8-13-29-15-16/h3-4,6-8,13-15H,2,5,9-12H2,1H3. The van der Waals surface area contributed by atoms with Crippen molar-refractivity contribution in [3.05, 3.63) is 58.4 Å². The fourth-order valence-corrected chi connectivity index (χ4v) is 4.37. The molecule has 6 nitrogen and oxygen atoms in total. The predicted octanol–water partition coefficient (Wildman–Crippen LogP) is 3.83. The monoisotopic (exact) mass is 409 g/mol. The summed E-state index contributed by atoms with van der Waals surface area (Å²) in [6.07, 6.45) is 2.43. The summed E-state index contributed by atoms with van der Waals surface area (Å²) in [5.41, 5.74) is 2.90. The van der Waals surface area contributed by atoms with Crippen LogP contribution in [0.25, 0.3) is 10.9 Å². The molecule has 1 aliphatic heterocycles. The number of ether oxygens (including phenoxy) is 1. The van der Waals surface area contributed by atoms with Gasteiger partial charge < -0.3 is 14.5 Å². The molecule has 0 bridgehead atoms. The molecular formula is C22H23N3O3S. The number of fused-ring (bicyclic) bond motifs is 1. The van der Waals surface area contributed by atoms with E-state index in [1.165, 1.54) is 11.3 Å². The maximum Gasteiger partial charge on any atom is 0.341 e. The topological polar surface area (TPSA) is 62.7 Å². The van der Waals surface area contributed by atoms with Crippen molar-refractivity contribution in [2.75, 3.05) is 37.7 Å². The molecule has 7 heteroatoms. The molecule has 3 aromatic rings. The Kier molecular flexibility index (Phi) is 5.76. The molecule has 1 aliphatic rings. The number of esters is 1. The van der Waals surface area contributed by atoms with Crippen LogP contribution in [0.1, 0.15) is 34.1 Å². The molecule has 0 saturated carbocycles. The Morgan fingerprint density at radius 2 is 2.00 bits per heavy atom. The summed E-state index contributed by atoms with van der Waals surface area (Å²) in [4.78, 5) is 33.9. The molecular weight excluding hydrogens is 386 g/mol. The molecule has 1 fully saturated rings. The number of carbonyl (C=O) groups excluding carboxylic acids is 2. The van der Waals surface area contributed by atoms with E-state index in [9.17, 15) is 9.59 Å². The number of pyridine rings is 1. The summed E-state index contributed by atoms with van der Waals surface area (Å²) < 4.78 is 5.28. The highest BCUT2D eigenvalue weighted by molar-refractivity contribution is 7.08. The Morgan fingerprint density at radius 1 is 1.14 bits per heavy atom. The Labute approximate surface area is 173 Å². The minimum Gasteiger partial charge on any atom is -0.462 e. The number of nitrogens with zero attached hydrogens (tertiary/aromatic N) is 3. The second-order valence-corrected chi connectivity index (χ2v) is 7.68. The molecule has 0 unspecified atom stereocenters. The van der Waals surface area contributed by atoms with Gasteiger partial charge in [-0.15, -0.1) is 0 Å². The van der Waals surface area contributed by atoms with E-state index in [1.54, 1.807) is 13.1 Å². The van der Waals surface area contributed by atoms with Crippen LogP contribution in [0.4, 0.5) is 5.69 Å². The van der Waals surface area contributed by atoms with Crippen LogP contribution in [0.3, 0.4) is 0 Å². The van der Waals surface area contributed by atoms with Gasteiger partial charge in [0.2, 0.25) is 0 Å². The zero-order chi connectivity index (χ0) is 20.2. The lowest BCUT2D eigenvalue weighted by atomic mass is 10.1. The third-order valence-electron chi connectivity index (χ3n) is 5.11. The van der Waals surface area contributed by atoms with Crippen LogP contribution in [0.15, 0.2) is 47.3 Å². The van der Waals surface area contributed by atoms with Crippen LogP contribution in [-0.2, 0) is 4.74 Å². The predicted molar refractivity (Wildman–Crippen MR) is 115 cm³/mol. The van der Waals surface area contributed by atoms with E-state index < -0.39 is 0 Å². The lowest BCUT2D eigenvalue weighted by molar-refractivity contribution is 0.0526. The largest absolute Gasteiger partial charge is 0.462 e. The molecule has 0 spiro atoms. The second kappa shape index (κ2) is 8.61. The van der Waals surface area contributed by atoms with Crippen LogP contribution in [0.5, 0.6) is 0 Å². The highest BCUT2D eigenvalue weighted by atomic mass is 32.1. The third-order valence-corrected chi connectivity index (χ3v) is 5.79. The summed E-state index contributed by atoms with van der Waals surface area (Å²) in [6, 6.07) is 9.68. The smallest absolute Gasteiger partial charge is 0.341 e. The number of amides is 1. The van der Waals surface area contributed by atoms with Gasteiger partial charge in [0, 0.05) is 43.1 Å². The first-order valence-corrected chi connectivity index (χ1v) is 10.7. The number of rotatable bonds is 4. The van der Waals surface area contributed by atoms with Crippen LogP contribution >= 0.6 is 11.3 Å². The molecule has 1 amide bonds. The van der Waals surface area contributed by atoms with Gasteiger partial charge in [0.1, 0.15) is 5.56 Å². The number of hydrogen-bond acceptors (Lipinski definition) is 6. The van der Waals surface area contributed by atoms with Gasteiger partial charge in [-0.1, -0.05) is 18.2 Å². The van der Waals surface area contributed by atoms with Gasteiger partial charge in [-0.25, -0.2) is 4.79 Å². The number of benzene rings is 1. The van der Waals surface area contributed by atoms with Gasteiger partial charge >= 0.3 is 5.97 Å². The summed E-state index contributed by atoms with van der Waals surface area (Å²) >= 11 is 1.53. The van der Waals surface area contributed by atoms with Gasteiger partial charge in [-0.3, -0.25) is 9.78 Å². The molecule has 2 aromatic heterocycles. The van der Waals surface area contributed by atoms with E-state index in [0.717, 1.165) is 35.1 Å². The quantitative estimate of drug-likeness (QED) is 0.613. The number of aromatic nitrogens is 1. The van der Waals surface area contributed by atoms with Crippen molar-refractivity contribution < 1.29 is 14.3 Å². The highest BCUT2D eigenvalue weighted by Crippen LogP contribution is 2.31. The number of para-hydroxylation sites is 1. The average molecular weight is 410 g/mol. The zero-order valence-electron chi connectivity index (χ0n) is 16.3. The average Bonchev–Trinajstić information content (AvgIpc) is 3.18. The molecule has 29 heavy (non-hydrogen) atoms. The van der Waals surface area contributed by atoms with Crippen molar-refractivity contribution in [2.24, 2.45) is 0 Å². The summed E-state index contributed by atoms with van der Waals surface area (Å²) in [5, 5.41) is 4.74.